The maximum atomic E-state index is 9.10. The molecule has 9 nitrogen and oxygen atoms in total. The van der Waals surface area contributed by atoms with Crippen LogP contribution in [0.1, 0.15) is 11.1 Å². The fourth-order valence-electron chi connectivity index (χ4n) is 2.55. The van der Waals surface area contributed by atoms with E-state index in [9.17, 15) is 0 Å². The minimum absolute atomic E-state index is 0.620. The van der Waals surface area contributed by atoms with E-state index in [0.29, 0.717) is 23.8 Å². The SMILES string of the molecule is COc1ccc(CCNCc2ccc(OC)c(OC)c2OC)cc1.O=C(O)C(=O)O. The Hall–Kier alpha value is -3.46. The lowest BCUT2D eigenvalue weighted by molar-refractivity contribution is -0.159. The standard InChI is InChI=1S/C19H25NO4.C2H2O4/c1-21-16-8-5-14(6-9-16)11-12-20-13-15-7-10-17(22-2)19(24-4)18(15)23-3;3-1(4)2(5)6/h5-10,20H,11-13H2,1-4H3;(H,3,4)(H,5,6). The molecule has 0 unspecified atom stereocenters. The second kappa shape index (κ2) is 12.9. The lowest BCUT2D eigenvalue weighted by Crippen LogP contribution is -2.17. The molecule has 9 heteroatoms. The molecule has 0 saturated heterocycles. The molecule has 0 heterocycles. The van der Waals surface area contributed by atoms with Crippen molar-refractivity contribution in [2.45, 2.75) is 13.0 Å². The summed E-state index contributed by atoms with van der Waals surface area (Å²) in [6.07, 6.45) is 0.944. The van der Waals surface area contributed by atoms with Gasteiger partial charge in [-0.05, 0) is 36.7 Å². The summed E-state index contributed by atoms with van der Waals surface area (Å²) >= 11 is 0. The first kappa shape index (κ1) is 24.6. The van der Waals surface area contributed by atoms with E-state index in [1.165, 1.54) is 5.56 Å². The van der Waals surface area contributed by atoms with Crippen LogP contribution in [0.15, 0.2) is 36.4 Å². The number of rotatable bonds is 9. The topological polar surface area (TPSA) is 124 Å². The highest BCUT2D eigenvalue weighted by molar-refractivity contribution is 6.27. The van der Waals surface area contributed by atoms with Gasteiger partial charge in [0.15, 0.2) is 11.5 Å². The first-order chi connectivity index (χ1) is 14.4. The Morgan fingerprint density at radius 2 is 1.40 bits per heavy atom. The maximum absolute atomic E-state index is 9.10. The van der Waals surface area contributed by atoms with E-state index in [0.717, 1.165) is 24.3 Å². The third kappa shape index (κ3) is 7.51. The van der Waals surface area contributed by atoms with Crippen molar-refractivity contribution in [2.75, 3.05) is 35.0 Å². The molecule has 164 valence electrons. The van der Waals surface area contributed by atoms with Gasteiger partial charge in [0.1, 0.15) is 5.75 Å². The van der Waals surface area contributed by atoms with Crippen LogP contribution in [0.2, 0.25) is 0 Å². The zero-order chi connectivity index (χ0) is 22.5. The van der Waals surface area contributed by atoms with Crippen molar-refractivity contribution in [2.24, 2.45) is 0 Å². The highest BCUT2D eigenvalue weighted by atomic mass is 16.5. The van der Waals surface area contributed by atoms with Gasteiger partial charge < -0.3 is 34.5 Å². The number of carboxylic acid groups (broad SMARTS) is 2. The van der Waals surface area contributed by atoms with Crippen LogP contribution in [0.4, 0.5) is 0 Å². The van der Waals surface area contributed by atoms with Gasteiger partial charge in [0, 0.05) is 12.1 Å². The molecule has 2 aromatic rings. The third-order valence-electron chi connectivity index (χ3n) is 4.03. The molecular weight excluding hydrogens is 394 g/mol. The van der Waals surface area contributed by atoms with E-state index in [2.05, 4.69) is 17.4 Å². The second-order valence-electron chi connectivity index (χ2n) is 5.88. The fraction of sp³-hybridized carbons (Fsp3) is 0.333. The normalized spacial score (nSPS) is 9.73. The number of aliphatic carboxylic acids is 2. The number of hydrogen-bond acceptors (Lipinski definition) is 7. The molecule has 0 radical (unpaired) electrons. The molecule has 0 saturated carbocycles. The smallest absolute Gasteiger partial charge is 0.414 e. The summed E-state index contributed by atoms with van der Waals surface area (Å²) in [7, 11) is 6.54. The average Bonchev–Trinajstić information content (AvgIpc) is 2.76. The molecule has 2 rings (SSSR count). The van der Waals surface area contributed by atoms with Crippen LogP contribution in [0, 0.1) is 0 Å². The zero-order valence-corrected chi connectivity index (χ0v) is 17.4. The summed E-state index contributed by atoms with van der Waals surface area (Å²) < 4.78 is 21.4. The molecule has 3 N–H and O–H groups in total. The predicted molar refractivity (Wildman–Crippen MR) is 110 cm³/mol. The van der Waals surface area contributed by atoms with Crippen LogP contribution in [0.3, 0.4) is 0 Å². The molecule has 2 aromatic carbocycles. The van der Waals surface area contributed by atoms with Gasteiger partial charge in [-0.3, -0.25) is 0 Å². The first-order valence-corrected chi connectivity index (χ1v) is 8.95. The first-order valence-electron chi connectivity index (χ1n) is 8.95. The zero-order valence-electron chi connectivity index (χ0n) is 17.4. The number of benzene rings is 2. The summed E-state index contributed by atoms with van der Waals surface area (Å²) in [5.41, 5.74) is 2.30. The molecular formula is C21H27NO8. The van der Waals surface area contributed by atoms with E-state index < -0.39 is 11.9 Å². The molecule has 0 atom stereocenters. The molecule has 0 spiro atoms. The highest BCUT2D eigenvalue weighted by Gasteiger charge is 2.15. The molecule has 0 aliphatic carbocycles. The largest absolute Gasteiger partial charge is 0.497 e. The molecule has 0 amide bonds. The number of carbonyl (C=O) groups is 2. The minimum Gasteiger partial charge on any atom is -0.497 e. The Morgan fingerprint density at radius 3 is 1.87 bits per heavy atom. The Balaban J connectivity index is 0.000000656. The van der Waals surface area contributed by atoms with Gasteiger partial charge in [-0.25, -0.2) is 9.59 Å². The minimum atomic E-state index is -1.82. The third-order valence-corrected chi connectivity index (χ3v) is 4.03. The van der Waals surface area contributed by atoms with Crippen LogP contribution >= 0.6 is 0 Å². The maximum Gasteiger partial charge on any atom is 0.414 e. The van der Waals surface area contributed by atoms with Gasteiger partial charge in [0.2, 0.25) is 5.75 Å². The van der Waals surface area contributed by atoms with E-state index in [1.807, 2.05) is 24.3 Å². The summed E-state index contributed by atoms with van der Waals surface area (Å²) in [6, 6.07) is 12.0. The van der Waals surface area contributed by atoms with Gasteiger partial charge in [0.25, 0.3) is 0 Å². The van der Waals surface area contributed by atoms with Crippen LogP contribution < -0.4 is 24.3 Å². The van der Waals surface area contributed by atoms with Crippen molar-refractivity contribution < 1.29 is 38.7 Å². The fourth-order valence-corrected chi connectivity index (χ4v) is 2.55. The van der Waals surface area contributed by atoms with E-state index in [-0.39, 0.29) is 0 Å². The quantitative estimate of drug-likeness (QED) is 0.413. The summed E-state index contributed by atoms with van der Waals surface area (Å²) in [4.78, 5) is 18.2. The van der Waals surface area contributed by atoms with E-state index >= 15 is 0 Å². The second-order valence-corrected chi connectivity index (χ2v) is 5.88. The molecule has 0 aromatic heterocycles. The van der Waals surface area contributed by atoms with Gasteiger partial charge in [0.05, 0.1) is 28.4 Å². The van der Waals surface area contributed by atoms with E-state index in [1.54, 1.807) is 28.4 Å². The molecule has 0 aliphatic rings. The number of hydrogen-bond donors (Lipinski definition) is 3. The number of ether oxygens (including phenoxy) is 4. The van der Waals surface area contributed by atoms with Crippen LogP contribution in [0.5, 0.6) is 23.0 Å². The monoisotopic (exact) mass is 421 g/mol. The van der Waals surface area contributed by atoms with Crippen LogP contribution in [-0.2, 0) is 22.6 Å². The van der Waals surface area contributed by atoms with Crippen molar-refractivity contribution >= 4 is 11.9 Å². The molecule has 0 fully saturated rings. The van der Waals surface area contributed by atoms with Crippen molar-refractivity contribution in [1.29, 1.82) is 0 Å². The Morgan fingerprint density at radius 1 is 0.800 bits per heavy atom. The van der Waals surface area contributed by atoms with Gasteiger partial charge in [-0.15, -0.1) is 0 Å². The summed E-state index contributed by atoms with van der Waals surface area (Å²) in [6.45, 7) is 1.56. The predicted octanol–water partition coefficient (Wildman–Crippen LogP) is 2.21. The van der Waals surface area contributed by atoms with Crippen molar-refractivity contribution in [3.8, 4) is 23.0 Å². The van der Waals surface area contributed by atoms with Gasteiger partial charge >= 0.3 is 11.9 Å². The number of carboxylic acids is 2. The van der Waals surface area contributed by atoms with Gasteiger partial charge in [-0.1, -0.05) is 18.2 Å². The summed E-state index contributed by atoms with van der Waals surface area (Å²) in [5.74, 6) is -0.786. The average molecular weight is 421 g/mol. The van der Waals surface area contributed by atoms with E-state index in [4.69, 9.17) is 38.7 Å². The number of nitrogens with one attached hydrogen (secondary N) is 1. The molecule has 30 heavy (non-hydrogen) atoms. The summed E-state index contributed by atoms with van der Waals surface area (Å²) in [5, 5.41) is 18.2. The Bertz CT molecular complexity index is 809. The lowest BCUT2D eigenvalue weighted by Gasteiger charge is -2.16. The van der Waals surface area contributed by atoms with Gasteiger partial charge in [-0.2, -0.15) is 0 Å². The van der Waals surface area contributed by atoms with Crippen molar-refractivity contribution in [3.63, 3.8) is 0 Å². The molecule has 0 aliphatic heterocycles. The van der Waals surface area contributed by atoms with Crippen LogP contribution in [0.25, 0.3) is 0 Å². The number of methoxy groups -OCH3 is 4. The molecule has 0 bridgehead atoms. The Labute approximate surface area is 175 Å². The van der Waals surface area contributed by atoms with Crippen LogP contribution in [-0.4, -0.2) is 57.1 Å². The Kier molecular flexibility index (Phi) is 10.6. The van der Waals surface area contributed by atoms with Crippen molar-refractivity contribution in [3.05, 3.63) is 47.5 Å². The lowest BCUT2D eigenvalue weighted by atomic mass is 10.1. The van der Waals surface area contributed by atoms with Crippen molar-refractivity contribution in [1.82, 2.24) is 5.32 Å². The highest BCUT2D eigenvalue weighted by Crippen LogP contribution is 2.39.